The molecule has 0 heterocycles. The molecule has 1 aromatic rings. The van der Waals surface area contributed by atoms with Gasteiger partial charge in [-0.05, 0) is 25.5 Å². The Morgan fingerprint density at radius 3 is 2.58 bits per heavy atom. The van der Waals surface area contributed by atoms with E-state index in [1.54, 1.807) is 0 Å². The quantitative estimate of drug-likeness (QED) is 0.627. The molecule has 9 heteroatoms. The van der Waals surface area contributed by atoms with Gasteiger partial charge in [0.2, 0.25) is 10.0 Å². The molecule has 0 aliphatic heterocycles. The third-order valence-corrected chi connectivity index (χ3v) is 4.40. The minimum atomic E-state index is -3.95. The van der Waals surface area contributed by atoms with Gasteiger partial charge in [0.15, 0.2) is 0 Å². The lowest BCUT2D eigenvalue weighted by Gasteiger charge is -2.13. The number of aliphatic hydroxyl groups excluding tert-OH is 1. The van der Waals surface area contributed by atoms with Gasteiger partial charge >= 0.3 is 0 Å². The van der Waals surface area contributed by atoms with Gasteiger partial charge in [-0.3, -0.25) is 10.1 Å². The first-order valence-corrected chi connectivity index (χ1v) is 7.13. The van der Waals surface area contributed by atoms with Crippen LogP contribution in [0.2, 0.25) is 5.02 Å². The van der Waals surface area contributed by atoms with Crippen molar-refractivity contribution in [2.45, 2.75) is 24.8 Å². The molecule has 0 unspecified atom stereocenters. The summed E-state index contributed by atoms with van der Waals surface area (Å²) in [5.74, 6) is 0. The molecule has 1 aromatic carbocycles. The molecule has 0 amide bonds. The summed E-state index contributed by atoms with van der Waals surface area (Å²) in [6.07, 6.45) is 0. The van der Waals surface area contributed by atoms with Crippen LogP contribution < -0.4 is 4.72 Å². The molecule has 1 atom stereocenters. The van der Waals surface area contributed by atoms with E-state index in [-0.39, 0.29) is 22.1 Å². The van der Waals surface area contributed by atoms with Gasteiger partial charge in [0.1, 0.15) is 5.02 Å². The summed E-state index contributed by atoms with van der Waals surface area (Å²) < 4.78 is 26.2. The molecule has 0 aliphatic rings. The minimum absolute atomic E-state index is 0.128. The van der Waals surface area contributed by atoms with Crippen molar-refractivity contribution in [3.8, 4) is 0 Å². The maximum Gasteiger partial charge on any atom is 0.289 e. The van der Waals surface area contributed by atoms with E-state index < -0.39 is 26.7 Å². The van der Waals surface area contributed by atoms with E-state index in [4.69, 9.17) is 16.7 Å². The lowest BCUT2D eigenvalue weighted by atomic mass is 10.2. The van der Waals surface area contributed by atoms with Crippen molar-refractivity contribution in [1.82, 2.24) is 4.72 Å². The molecule has 0 saturated heterocycles. The first-order valence-electron chi connectivity index (χ1n) is 5.26. The smallest absolute Gasteiger partial charge is 0.289 e. The van der Waals surface area contributed by atoms with Crippen LogP contribution in [0, 0.1) is 17.0 Å². The zero-order valence-electron chi connectivity index (χ0n) is 10.3. The van der Waals surface area contributed by atoms with Crippen LogP contribution in [-0.4, -0.2) is 31.1 Å². The van der Waals surface area contributed by atoms with Gasteiger partial charge in [0.05, 0.1) is 16.4 Å². The Morgan fingerprint density at radius 1 is 1.53 bits per heavy atom. The Morgan fingerprint density at radius 2 is 2.11 bits per heavy atom. The molecule has 1 rings (SSSR count). The number of aliphatic hydroxyl groups is 1. The van der Waals surface area contributed by atoms with Crippen molar-refractivity contribution < 1.29 is 18.4 Å². The highest BCUT2D eigenvalue weighted by atomic mass is 35.5. The van der Waals surface area contributed by atoms with E-state index in [0.29, 0.717) is 0 Å². The van der Waals surface area contributed by atoms with Crippen LogP contribution in [0.4, 0.5) is 5.69 Å². The number of sulfonamides is 1. The van der Waals surface area contributed by atoms with E-state index in [2.05, 4.69) is 4.72 Å². The fraction of sp³-hybridized carbons (Fsp3) is 0.400. The van der Waals surface area contributed by atoms with Crippen LogP contribution in [0.5, 0.6) is 0 Å². The summed E-state index contributed by atoms with van der Waals surface area (Å²) in [6, 6.07) is 1.43. The lowest BCUT2D eigenvalue weighted by molar-refractivity contribution is -0.384. The van der Waals surface area contributed by atoms with Crippen molar-refractivity contribution in [2.24, 2.45) is 0 Å². The number of hydrogen-bond acceptors (Lipinski definition) is 5. The monoisotopic (exact) mass is 308 g/mol. The lowest BCUT2D eigenvalue weighted by Crippen LogP contribution is -2.35. The summed E-state index contributed by atoms with van der Waals surface area (Å²) in [6.45, 7) is 2.57. The first-order chi connectivity index (χ1) is 8.69. The standard InChI is InChI=1S/C10H13ClN2O5S/c1-6-3-8(11)9(13(15)16)4-10(6)19(17,18)12-7(2)5-14/h3-4,7,12,14H,5H2,1-2H3/t7-/m1/s1. The van der Waals surface area contributed by atoms with Crippen molar-refractivity contribution in [1.29, 1.82) is 0 Å². The molecule has 106 valence electrons. The minimum Gasteiger partial charge on any atom is -0.395 e. The summed E-state index contributed by atoms with van der Waals surface area (Å²) in [5.41, 5.74) is -0.197. The number of nitro benzene ring substituents is 1. The van der Waals surface area contributed by atoms with Gasteiger partial charge in [0.25, 0.3) is 5.69 Å². The third kappa shape index (κ3) is 3.63. The zero-order chi connectivity index (χ0) is 14.8. The van der Waals surface area contributed by atoms with Gasteiger partial charge in [0, 0.05) is 12.1 Å². The normalized spacial score (nSPS) is 13.3. The van der Waals surface area contributed by atoms with Gasteiger partial charge in [-0.15, -0.1) is 0 Å². The van der Waals surface area contributed by atoms with Gasteiger partial charge in [-0.1, -0.05) is 11.6 Å². The Bertz CT molecular complexity index is 602. The Labute approximate surface area is 115 Å². The number of nitrogens with zero attached hydrogens (tertiary/aromatic N) is 1. The molecule has 0 aromatic heterocycles. The number of benzene rings is 1. The van der Waals surface area contributed by atoms with Gasteiger partial charge in [-0.25, -0.2) is 13.1 Å². The van der Waals surface area contributed by atoms with Crippen LogP contribution in [0.3, 0.4) is 0 Å². The van der Waals surface area contributed by atoms with Crippen molar-refractivity contribution in [3.05, 3.63) is 32.8 Å². The number of halogens is 1. The van der Waals surface area contributed by atoms with Gasteiger partial charge in [-0.2, -0.15) is 0 Å². The van der Waals surface area contributed by atoms with Crippen molar-refractivity contribution >= 4 is 27.3 Å². The zero-order valence-corrected chi connectivity index (χ0v) is 11.8. The molecule has 0 bridgehead atoms. The predicted octanol–water partition coefficient (Wildman–Crippen LogP) is 1.22. The topological polar surface area (TPSA) is 110 Å². The molecule has 0 fully saturated rings. The molecular formula is C10H13ClN2O5S. The number of rotatable bonds is 5. The largest absolute Gasteiger partial charge is 0.395 e. The molecule has 0 saturated carbocycles. The summed E-state index contributed by atoms with van der Waals surface area (Å²) in [4.78, 5) is 9.77. The second-order valence-corrected chi connectivity index (χ2v) is 6.12. The van der Waals surface area contributed by atoms with E-state index >= 15 is 0 Å². The molecule has 0 spiro atoms. The van der Waals surface area contributed by atoms with E-state index in [0.717, 1.165) is 6.07 Å². The molecule has 7 nitrogen and oxygen atoms in total. The van der Waals surface area contributed by atoms with Crippen LogP contribution in [-0.2, 0) is 10.0 Å². The highest BCUT2D eigenvalue weighted by molar-refractivity contribution is 7.89. The Hall–Kier alpha value is -1.22. The predicted molar refractivity (Wildman–Crippen MR) is 69.7 cm³/mol. The van der Waals surface area contributed by atoms with E-state index in [9.17, 15) is 18.5 Å². The number of nitrogens with one attached hydrogen (secondary N) is 1. The second kappa shape index (κ2) is 5.83. The summed E-state index contributed by atoms with van der Waals surface area (Å²) in [7, 11) is -3.95. The highest BCUT2D eigenvalue weighted by Gasteiger charge is 2.24. The van der Waals surface area contributed by atoms with Gasteiger partial charge < -0.3 is 5.11 Å². The Kier molecular flexibility index (Phi) is 4.86. The van der Waals surface area contributed by atoms with Crippen LogP contribution in [0.25, 0.3) is 0 Å². The fourth-order valence-electron chi connectivity index (χ4n) is 1.44. The number of aryl methyl sites for hydroxylation is 1. The molecule has 0 radical (unpaired) electrons. The third-order valence-electron chi connectivity index (χ3n) is 2.36. The Balaban J connectivity index is 3.34. The SMILES string of the molecule is Cc1cc(Cl)c([N+](=O)[O-])cc1S(=O)(=O)N[C@H](C)CO. The average molecular weight is 309 g/mol. The molecular weight excluding hydrogens is 296 g/mol. The molecule has 0 aliphatic carbocycles. The van der Waals surface area contributed by atoms with Crippen LogP contribution in [0.15, 0.2) is 17.0 Å². The summed E-state index contributed by atoms with van der Waals surface area (Å²) in [5, 5.41) is 19.5. The van der Waals surface area contributed by atoms with Crippen molar-refractivity contribution in [3.63, 3.8) is 0 Å². The van der Waals surface area contributed by atoms with Crippen LogP contribution in [0.1, 0.15) is 12.5 Å². The number of nitro groups is 1. The van der Waals surface area contributed by atoms with E-state index in [1.165, 1.54) is 19.9 Å². The fourth-order valence-corrected chi connectivity index (χ4v) is 3.21. The summed E-state index contributed by atoms with van der Waals surface area (Å²) >= 11 is 5.68. The van der Waals surface area contributed by atoms with Crippen LogP contribution >= 0.6 is 11.6 Å². The highest BCUT2D eigenvalue weighted by Crippen LogP contribution is 2.30. The average Bonchev–Trinajstić information content (AvgIpc) is 2.27. The van der Waals surface area contributed by atoms with Crippen molar-refractivity contribution in [2.75, 3.05) is 6.61 Å². The first kappa shape index (κ1) is 15.8. The molecule has 2 N–H and O–H groups in total. The molecule has 19 heavy (non-hydrogen) atoms. The van der Waals surface area contributed by atoms with E-state index in [1.807, 2.05) is 0 Å². The number of hydrogen-bond donors (Lipinski definition) is 2. The maximum atomic E-state index is 12.0. The maximum absolute atomic E-state index is 12.0. The second-order valence-electron chi connectivity index (χ2n) is 4.03.